The predicted molar refractivity (Wildman–Crippen MR) is 103 cm³/mol. The summed E-state index contributed by atoms with van der Waals surface area (Å²) in [6, 6.07) is 12.1. The molecule has 1 fully saturated rings. The lowest BCUT2D eigenvalue weighted by Gasteiger charge is -2.28. The van der Waals surface area contributed by atoms with Gasteiger partial charge in [0.25, 0.3) is 0 Å². The fraction of sp³-hybridized carbons (Fsp3) is 0.300. The van der Waals surface area contributed by atoms with Crippen molar-refractivity contribution in [3.05, 3.63) is 48.0 Å². The molecule has 0 atom stereocenters. The molecule has 1 saturated heterocycles. The van der Waals surface area contributed by atoms with Crippen molar-refractivity contribution in [1.29, 1.82) is 0 Å². The normalized spacial score (nSPS) is 14.0. The zero-order valence-electron chi connectivity index (χ0n) is 14.8. The Balaban J connectivity index is 1.59. The second kappa shape index (κ2) is 7.91. The van der Waals surface area contributed by atoms with Crippen molar-refractivity contribution in [1.82, 2.24) is 0 Å². The van der Waals surface area contributed by atoms with Crippen LogP contribution in [0.15, 0.2) is 42.5 Å². The highest BCUT2D eigenvalue weighted by Crippen LogP contribution is 2.22. The standard InChI is InChI=1S/C20H23N3O3/c1-14-13-17(24)9-10-18(14)22-20(26)19(25)21-15-5-7-16(8-6-15)23-11-3-2-4-12-23/h5-10,13,24H,2-4,11-12H2,1H3,(H,21,25)(H,22,26). The van der Waals surface area contributed by atoms with Crippen molar-refractivity contribution in [3.63, 3.8) is 0 Å². The number of anilines is 3. The highest BCUT2D eigenvalue weighted by molar-refractivity contribution is 6.43. The van der Waals surface area contributed by atoms with E-state index in [4.69, 9.17) is 0 Å². The Bertz CT molecular complexity index is 796. The number of nitrogens with zero attached hydrogens (tertiary/aromatic N) is 1. The van der Waals surface area contributed by atoms with Crippen molar-refractivity contribution in [2.45, 2.75) is 26.2 Å². The molecule has 3 rings (SSSR count). The third kappa shape index (κ3) is 4.33. The summed E-state index contributed by atoms with van der Waals surface area (Å²) in [7, 11) is 0. The fourth-order valence-corrected chi connectivity index (χ4v) is 3.06. The summed E-state index contributed by atoms with van der Waals surface area (Å²) in [5, 5.41) is 14.6. The van der Waals surface area contributed by atoms with Gasteiger partial charge in [0.1, 0.15) is 5.75 Å². The molecule has 1 heterocycles. The van der Waals surface area contributed by atoms with Crippen LogP contribution in [0, 0.1) is 6.92 Å². The quantitative estimate of drug-likeness (QED) is 0.584. The molecular formula is C20H23N3O3. The molecule has 0 aromatic heterocycles. The van der Waals surface area contributed by atoms with Gasteiger partial charge in [-0.05, 0) is 74.2 Å². The molecule has 3 N–H and O–H groups in total. The molecule has 136 valence electrons. The number of benzene rings is 2. The minimum atomic E-state index is -0.751. The number of amides is 2. The second-order valence-corrected chi connectivity index (χ2v) is 6.50. The first-order valence-electron chi connectivity index (χ1n) is 8.80. The minimum absolute atomic E-state index is 0.110. The number of rotatable bonds is 3. The highest BCUT2D eigenvalue weighted by Gasteiger charge is 2.16. The van der Waals surface area contributed by atoms with Crippen molar-refractivity contribution >= 4 is 28.9 Å². The van der Waals surface area contributed by atoms with E-state index >= 15 is 0 Å². The van der Waals surface area contributed by atoms with E-state index in [1.165, 1.54) is 31.4 Å². The van der Waals surface area contributed by atoms with Crippen LogP contribution in [0.3, 0.4) is 0 Å². The average Bonchev–Trinajstić information content (AvgIpc) is 2.65. The van der Waals surface area contributed by atoms with Gasteiger partial charge < -0.3 is 20.6 Å². The second-order valence-electron chi connectivity index (χ2n) is 6.50. The predicted octanol–water partition coefficient (Wildman–Crippen LogP) is 3.27. The Hall–Kier alpha value is -3.02. The van der Waals surface area contributed by atoms with Crippen LogP contribution >= 0.6 is 0 Å². The maximum atomic E-state index is 12.1. The minimum Gasteiger partial charge on any atom is -0.508 e. The molecule has 6 nitrogen and oxygen atoms in total. The molecule has 0 unspecified atom stereocenters. The molecule has 2 amide bonds. The molecule has 1 aliphatic heterocycles. The first-order chi connectivity index (χ1) is 12.5. The number of nitrogens with one attached hydrogen (secondary N) is 2. The monoisotopic (exact) mass is 353 g/mol. The Kier molecular flexibility index (Phi) is 5.41. The van der Waals surface area contributed by atoms with Crippen molar-refractivity contribution < 1.29 is 14.7 Å². The van der Waals surface area contributed by atoms with Crippen LogP contribution in [0.25, 0.3) is 0 Å². The van der Waals surface area contributed by atoms with E-state index in [0.29, 0.717) is 16.9 Å². The number of phenols is 1. The molecule has 26 heavy (non-hydrogen) atoms. The van der Waals surface area contributed by atoms with E-state index in [0.717, 1.165) is 18.8 Å². The number of phenolic OH excluding ortho intramolecular Hbond substituents is 1. The molecule has 0 spiro atoms. The Morgan fingerprint density at radius 3 is 2.23 bits per heavy atom. The summed E-state index contributed by atoms with van der Waals surface area (Å²) >= 11 is 0. The van der Waals surface area contributed by atoms with Crippen LogP contribution in [-0.2, 0) is 9.59 Å². The third-order valence-corrected chi connectivity index (χ3v) is 4.51. The van der Waals surface area contributed by atoms with E-state index in [-0.39, 0.29) is 5.75 Å². The molecule has 0 saturated carbocycles. The number of aromatic hydroxyl groups is 1. The number of carbonyl (C=O) groups excluding carboxylic acids is 2. The Labute approximate surface area is 152 Å². The summed E-state index contributed by atoms with van der Waals surface area (Å²) in [6.07, 6.45) is 3.69. The highest BCUT2D eigenvalue weighted by atomic mass is 16.3. The number of hydrogen-bond donors (Lipinski definition) is 3. The molecule has 2 aromatic carbocycles. The number of carbonyl (C=O) groups is 2. The van der Waals surface area contributed by atoms with Crippen LogP contribution in [0.1, 0.15) is 24.8 Å². The summed E-state index contributed by atoms with van der Waals surface area (Å²) in [4.78, 5) is 26.5. The maximum Gasteiger partial charge on any atom is 0.314 e. The smallest absolute Gasteiger partial charge is 0.314 e. The van der Waals surface area contributed by atoms with Gasteiger partial charge in [-0.15, -0.1) is 0 Å². The lowest BCUT2D eigenvalue weighted by molar-refractivity contribution is -0.133. The van der Waals surface area contributed by atoms with Crippen LogP contribution < -0.4 is 15.5 Å². The zero-order chi connectivity index (χ0) is 18.5. The van der Waals surface area contributed by atoms with Crippen LogP contribution in [0.5, 0.6) is 5.75 Å². The van der Waals surface area contributed by atoms with Gasteiger partial charge in [0.05, 0.1) is 0 Å². The molecule has 6 heteroatoms. The van der Waals surface area contributed by atoms with Crippen molar-refractivity contribution in [3.8, 4) is 5.75 Å². The van der Waals surface area contributed by atoms with Crippen molar-refractivity contribution in [2.24, 2.45) is 0 Å². The number of hydrogen-bond acceptors (Lipinski definition) is 4. The Morgan fingerprint density at radius 2 is 1.58 bits per heavy atom. The van der Waals surface area contributed by atoms with Crippen LogP contribution in [0.2, 0.25) is 0 Å². The summed E-state index contributed by atoms with van der Waals surface area (Å²) in [5.74, 6) is -1.37. The molecule has 1 aliphatic rings. The van der Waals surface area contributed by atoms with Gasteiger partial charge in [0.2, 0.25) is 0 Å². The van der Waals surface area contributed by atoms with Gasteiger partial charge in [0, 0.05) is 30.2 Å². The van der Waals surface area contributed by atoms with Gasteiger partial charge in [-0.25, -0.2) is 0 Å². The lowest BCUT2D eigenvalue weighted by atomic mass is 10.1. The first-order valence-corrected chi connectivity index (χ1v) is 8.80. The number of piperidine rings is 1. The van der Waals surface area contributed by atoms with E-state index in [9.17, 15) is 14.7 Å². The SMILES string of the molecule is Cc1cc(O)ccc1NC(=O)C(=O)Nc1ccc(N2CCCCC2)cc1. The van der Waals surface area contributed by atoms with Gasteiger partial charge in [0.15, 0.2) is 0 Å². The fourth-order valence-electron chi connectivity index (χ4n) is 3.06. The topological polar surface area (TPSA) is 81.7 Å². The van der Waals surface area contributed by atoms with Gasteiger partial charge in [-0.2, -0.15) is 0 Å². The van der Waals surface area contributed by atoms with E-state index in [1.807, 2.05) is 12.1 Å². The largest absolute Gasteiger partial charge is 0.508 e. The summed E-state index contributed by atoms with van der Waals surface area (Å²) in [6.45, 7) is 3.85. The number of aryl methyl sites for hydroxylation is 1. The van der Waals surface area contributed by atoms with Gasteiger partial charge >= 0.3 is 11.8 Å². The van der Waals surface area contributed by atoms with Crippen LogP contribution in [-0.4, -0.2) is 30.0 Å². The van der Waals surface area contributed by atoms with Gasteiger partial charge in [-0.1, -0.05) is 0 Å². The first kappa shape index (κ1) is 17.8. The molecule has 0 radical (unpaired) electrons. The summed E-state index contributed by atoms with van der Waals surface area (Å²) < 4.78 is 0. The molecule has 2 aromatic rings. The maximum absolute atomic E-state index is 12.1. The van der Waals surface area contributed by atoms with E-state index in [2.05, 4.69) is 15.5 Å². The average molecular weight is 353 g/mol. The van der Waals surface area contributed by atoms with Crippen LogP contribution in [0.4, 0.5) is 17.1 Å². The zero-order valence-corrected chi connectivity index (χ0v) is 14.8. The lowest BCUT2D eigenvalue weighted by Crippen LogP contribution is -2.30. The van der Waals surface area contributed by atoms with E-state index < -0.39 is 11.8 Å². The van der Waals surface area contributed by atoms with Gasteiger partial charge in [-0.3, -0.25) is 9.59 Å². The molecule has 0 bridgehead atoms. The Morgan fingerprint density at radius 1 is 0.923 bits per heavy atom. The molecule has 0 aliphatic carbocycles. The van der Waals surface area contributed by atoms with Crippen molar-refractivity contribution in [2.75, 3.05) is 28.6 Å². The molecular weight excluding hydrogens is 330 g/mol. The van der Waals surface area contributed by atoms with E-state index in [1.54, 1.807) is 25.1 Å². The summed E-state index contributed by atoms with van der Waals surface area (Å²) in [5.41, 5.74) is 2.88. The third-order valence-electron chi connectivity index (χ3n) is 4.51.